The molecule has 4 unspecified atom stereocenters. The predicted octanol–water partition coefficient (Wildman–Crippen LogP) is 1.04. The molecular weight excluding hydrogens is 184 g/mol. The molecule has 2 aliphatic heterocycles. The zero-order valence-electron chi connectivity index (χ0n) is 8.09. The van der Waals surface area contributed by atoms with Crippen molar-refractivity contribution in [1.82, 2.24) is 0 Å². The molecule has 80 valence electrons. The first-order chi connectivity index (χ1) is 6.83. The first kappa shape index (κ1) is 9.93. The van der Waals surface area contributed by atoms with Crippen LogP contribution >= 0.6 is 0 Å². The van der Waals surface area contributed by atoms with Gasteiger partial charge in [0, 0.05) is 0 Å². The molecule has 1 N–H and O–H groups in total. The molecule has 0 aromatic rings. The maximum Gasteiger partial charge on any atom is 0.290 e. The summed E-state index contributed by atoms with van der Waals surface area (Å²) < 4.78 is 10.7. The number of fused-ring (bicyclic) bond motifs is 1. The van der Waals surface area contributed by atoms with Crippen LogP contribution in [0.5, 0.6) is 0 Å². The van der Waals surface area contributed by atoms with Crippen LogP contribution in [0.2, 0.25) is 0 Å². The molecule has 3 aliphatic rings. The van der Waals surface area contributed by atoms with E-state index in [-0.39, 0.29) is 6.47 Å². The highest BCUT2D eigenvalue weighted by Crippen LogP contribution is 2.41. The average Bonchev–Trinajstić information content (AvgIpc) is 2.98. The molecule has 0 spiro atoms. The molecule has 0 aromatic carbocycles. The Morgan fingerprint density at radius 1 is 1.36 bits per heavy atom. The van der Waals surface area contributed by atoms with Gasteiger partial charge in [-0.25, -0.2) is 0 Å². The second-order valence-electron chi connectivity index (χ2n) is 4.19. The summed E-state index contributed by atoms with van der Waals surface area (Å²) >= 11 is 0. The third-order valence-corrected chi connectivity index (χ3v) is 3.11. The average molecular weight is 200 g/mol. The maximum atomic E-state index is 8.36. The lowest BCUT2D eigenvalue weighted by atomic mass is 9.86. The van der Waals surface area contributed by atoms with Crippen LogP contribution in [-0.4, -0.2) is 36.5 Å². The Morgan fingerprint density at radius 2 is 2.07 bits per heavy atom. The minimum Gasteiger partial charge on any atom is -0.483 e. The molecule has 3 fully saturated rings. The quantitative estimate of drug-likeness (QED) is 0.534. The largest absolute Gasteiger partial charge is 0.483 e. The third kappa shape index (κ3) is 2.69. The molecule has 0 aromatic heterocycles. The molecule has 2 saturated heterocycles. The molecule has 4 heteroatoms. The van der Waals surface area contributed by atoms with Crippen LogP contribution in [-0.2, 0) is 14.3 Å². The van der Waals surface area contributed by atoms with E-state index in [1.54, 1.807) is 0 Å². The Morgan fingerprint density at radius 3 is 2.64 bits per heavy atom. The van der Waals surface area contributed by atoms with Gasteiger partial charge in [-0.15, -0.1) is 0 Å². The van der Waals surface area contributed by atoms with E-state index in [9.17, 15) is 0 Å². The Bertz CT molecular complexity index is 200. The summed E-state index contributed by atoms with van der Waals surface area (Å²) in [5.41, 5.74) is 0. The molecule has 4 atom stereocenters. The van der Waals surface area contributed by atoms with E-state index in [0.29, 0.717) is 18.3 Å². The fraction of sp³-hybridized carbons (Fsp3) is 0.900. The fourth-order valence-electron chi connectivity index (χ4n) is 2.28. The SMILES string of the molecule is C1CC2OC2CC1CC1CO1.O=CO. The maximum absolute atomic E-state index is 8.36. The van der Waals surface area contributed by atoms with Gasteiger partial charge in [-0.1, -0.05) is 0 Å². The van der Waals surface area contributed by atoms with Gasteiger partial charge < -0.3 is 14.6 Å². The minimum atomic E-state index is -0.250. The monoisotopic (exact) mass is 200 g/mol. The van der Waals surface area contributed by atoms with Gasteiger partial charge in [0.25, 0.3) is 6.47 Å². The highest BCUT2D eigenvalue weighted by Gasteiger charge is 2.44. The van der Waals surface area contributed by atoms with Crippen LogP contribution in [0.15, 0.2) is 0 Å². The van der Waals surface area contributed by atoms with E-state index in [4.69, 9.17) is 19.4 Å². The second-order valence-corrected chi connectivity index (χ2v) is 4.19. The van der Waals surface area contributed by atoms with Crippen LogP contribution < -0.4 is 0 Å². The summed E-state index contributed by atoms with van der Waals surface area (Å²) in [7, 11) is 0. The molecule has 1 aliphatic carbocycles. The van der Waals surface area contributed by atoms with Crippen molar-refractivity contribution in [2.45, 2.75) is 44.0 Å². The van der Waals surface area contributed by atoms with E-state index < -0.39 is 0 Å². The molecule has 0 radical (unpaired) electrons. The van der Waals surface area contributed by atoms with Crippen LogP contribution in [0, 0.1) is 5.92 Å². The van der Waals surface area contributed by atoms with Crippen LogP contribution in [0.1, 0.15) is 25.7 Å². The first-order valence-corrected chi connectivity index (χ1v) is 5.18. The zero-order valence-corrected chi connectivity index (χ0v) is 8.09. The van der Waals surface area contributed by atoms with Gasteiger partial charge in [-0.05, 0) is 31.6 Å². The third-order valence-electron chi connectivity index (χ3n) is 3.11. The number of hydrogen-bond donors (Lipinski definition) is 1. The van der Waals surface area contributed by atoms with Crippen molar-refractivity contribution >= 4 is 6.47 Å². The summed E-state index contributed by atoms with van der Waals surface area (Å²) in [6.45, 7) is 0.769. The van der Waals surface area contributed by atoms with Crippen molar-refractivity contribution in [3.05, 3.63) is 0 Å². The summed E-state index contributed by atoms with van der Waals surface area (Å²) in [5, 5.41) is 6.89. The van der Waals surface area contributed by atoms with Crippen LogP contribution in [0.4, 0.5) is 0 Å². The van der Waals surface area contributed by atoms with Gasteiger partial charge >= 0.3 is 0 Å². The van der Waals surface area contributed by atoms with Gasteiger partial charge in [0.05, 0.1) is 24.9 Å². The molecule has 3 rings (SSSR count). The zero-order chi connectivity index (χ0) is 9.97. The first-order valence-electron chi connectivity index (χ1n) is 5.18. The van der Waals surface area contributed by atoms with Crippen molar-refractivity contribution < 1.29 is 19.4 Å². The topological polar surface area (TPSA) is 62.4 Å². The van der Waals surface area contributed by atoms with Crippen molar-refractivity contribution in [1.29, 1.82) is 0 Å². The van der Waals surface area contributed by atoms with E-state index in [1.165, 1.54) is 25.7 Å². The lowest BCUT2D eigenvalue weighted by Gasteiger charge is -2.16. The molecule has 14 heavy (non-hydrogen) atoms. The number of carbonyl (C=O) groups is 1. The number of carboxylic acid groups (broad SMARTS) is 1. The smallest absolute Gasteiger partial charge is 0.290 e. The van der Waals surface area contributed by atoms with Gasteiger partial charge in [0.15, 0.2) is 0 Å². The number of hydrogen-bond acceptors (Lipinski definition) is 3. The molecule has 0 bridgehead atoms. The van der Waals surface area contributed by atoms with Gasteiger partial charge in [-0.3, -0.25) is 4.79 Å². The van der Waals surface area contributed by atoms with Gasteiger partial charge in [0.1, 0.15) is 0 Å². The number of ether oxygens (including phenoxy) is 2. The van der Waals surface area contributed by atoms with Crippen molar-refractivity contribution in [2.24, 2.45) is 5.92 Å². The van der Waals surface area contributed by atoms with Crippen LogP contribution in [0.25, 0.3) is 0 Å². The number of epoxide rings is 2. The standard InChI is InChI=1S/C9H14O2.CH2O2/c1-2-8-9(11-8)4-6(1)3-7-5-10-7;2-1-3/h6-9H,1-5H2;1H,(H,2,3). The van der Waals surface area contributed by atoms with Crippen molar-refractivity contribution in [3.63, 3.8) is 0 Å². The molecule has 0 amide bonds. The molecular formula is C10H16O4. The van der Waals surface area contributed by atoms with E-state index in [0.717, 1.165) is 12.5 Å². The van der Waals surface area contributed by atoms with E-state index >= 15 is 0 Å². The van der Waals surface area contributed by atoms with Gasteiger partial charge in [0.2, 0.25) is 0 Å². The Kier molecular flexibility index (Phi) is 3.03. The second kappa shape index (κ2) is 4.28. The highest BCUT2D eigenvalue weighted by molar-refractivity contribution is 5.32. The Balaban J connectivity index is 0.000000226. The summed E-state index contributed by atoms with van der Waals surface area (Å²) in [5.74, 6) is 0.909. The van der Waals surface area contributed by atoms with Gasteiger partial charge in [-0.2, -0.15) is 0 Å². The summed E-state index contributed by atoms with van der Waals surface area (Å²) in [6.07, 6.45) is 7.22. The van der Waals surface area contributed by atoms with E-state index in [1.807, 2.05) is 0 Å². The lowest BCUT2D eigenvalue weighted by Crippen LogP contribution is -2.14. The number of rotatable bonds is 2. The van der Waals surface area contributed by atoms with Crippen LogP contribution in [0.3, 0.4) is 0 Å². The minimum absolute atomic E-state index is 0.250. The molecule has 2 heterocycles. The predicted molar refractivity (Wildman–Crippen MR) is 49.1 cm³/mol. The van der Waals surface area contributed by atoms with E-state index in [2.05, 4.69) is 0 Å². The highest BCUT2D eigenvalue weighted by atomic mass is 16.6. The van der Waals surface area contributed by atoms with Crippen molar-refractivity contribution in [2.75, 3.05) is 6.61 Å². The Labute approximate surface area is 83.2 Å². The summed E-state index contributed by atoms with van der Waals surface area (Å²) in [6, 6.07) is 0. The molecule has 4 nitrogen and oxygen atoms in total. The fourth-order valence-corrected chi connectivity index (χ4v) is 2.28. The lowest BCUT2D eigenvalue weighted by molar-refractivity contribution is -0.122. The summed E-state index contributed by atoms with van der Waals surface area (Å²) in [4.78, 5) is 8.36. The van der Waals surface area contributed by atoms with Crippen molar-refractivity contribution in [3.8, 4) is 0 Å². The molecule has 1 saturated carbocycles. The normalized spacial score (nSPS) is 42.9. The Hall–Kier alpha value is -0.610.